The van der Waals surface area contributed by atoms with Crippen LogP contribution >= 0.6 is 11.5 Å². The average molecular weight is 512 g/mol. The van der Waals surface area contributed by atoms with Gasteiger partial charge in [-0.05, 0) is 68.1 Å². The molecule has 0 bridgehead atoms. The molecule has 0 aliphatic heterocycles. The number of ether oxygens (including phenoxy) is 1. The number of nitrogen functional groups attached to an aromatic ring is 1. The molecule has 11 heteroatoms. The van der Waals surface area contributed by atoms with Crippen LogP contribution in [0.1, 0.15) is 69.0 Å². The van der Waals surface area contributed by atoms with E-state index >= 15 is 0 Å². The predicted molar refractivity (Wildman–Crippen MR) is 136 cm³/mol. The molecular formula is C25H29N5O5S. The molecule has 190 valence electrons. The Morgan fingerprint density at radius 3 is 2.50 bits per heavy atom. The maximum Gasteiger partial charge on any atom is 0.273 e. The molecule has 1 saturated carbocycles. The summed E-state index contributed by atoms with van der Waals surface area (Å²) in [5.74, 6) is -0.652. The maximum atomic E-state index is 14.1. The van der Waals surface area contributed by atoms with Crippen LogP contribution in [0.2, 0.25) is 0 Å². The summed E-state index contributed by atoms with van der Waals surface area (Å²) >= 11 is 0.746. The van der Waals surface area contributed by atoms with Crippen molar-refractivity contribution in [3.05, 3.63) is 58.0 Å². The molecule has 10 nitrogen and oxygen atoms in total. The van der Waals surface area contributed by atoms with Crippen LogP contribution in [0, 0.1) is 13.8 Å². The average Bonchev–Trinajstić information content (AvgIpc) is 3.58. The van der Waals surface area contributed by atoms with Gasteiger partial charge in [-0.3, -0.25) is 19.3 Å². The number of furan rings is 1. The molecule has 0 spiro atoms. The second kappa shape index (κ2) is 10.4. The van der Waals surface area contributed by atoms with Crippen LogP contribution in [0.15, 0.2) is 34.7 Å². The minimum atomic E-state index is -1.18. The standard InChI is InChI=1S/C25H29N5O5S/c1-13-8-10-17(34-3)16(12-13)30(25(33)22-19(26)20(23(27)31)29-36-22)21(18-11-9-14(2)35-18)24(32)28-15-6-4-5-7-15/h8-12,15,21H,4-7,26H2,1-3H3,(H2,27,31)(H,28,32). The first-order valence-electron chi connectivity index (χ1n) is 11.6. The van der Waals surface area contributed by atoms with E-state index in [0.29, 0.717) is 17.2 Å². The molecule has 2 heterocycles. The number of rotatable bonds is 8. The van der Waals surface area contributed by atoms with Gasteiger partial charge in [0, 0.05) is 6.04 Å². The number of aromatic nitrogens is 1. The number of nitrogens with one attached hydrogen (secondary N) is 1. The number of carbonyl (C=O) groups excluding carboxylic acids is 3. The van der Waals surface area contributed by atoms with Crippen molar-refractivity contribution in [3.63, 3.8) is 0 Å². The zero-order valence-electron chi connectivity index (χ0n) is 20.4. The Morgan fingerprint density at radius 2 is 1.92 bits per heavy atom. The van der Waals surface area contributed by atoms with Crippen LogP contribution in [0.3, 0.4) is 0 Å². The normalized spacial score (nSPS) is 14.4. The van der Waals surface area contributed by atoms with Gasteiger partial charge in [0.2, 0.25) is 0 Å². The van der Waals surface area contributed by atoms with E-state index in [2.05, 4.69) is 9.69 Å². The number of nitrogens with two attached hydrogens (primary N) is 2. The number of hydrogen-bond acceptors (Lipinski definition) is 8. The van der Waals surface area contributed by atoms with Crippen LogP contribution in [0.4, 0.5) is 11.4 Å². The molecule has 3 amide bonds. The number of anilines is 2. The van der Waals surface area contributed by atoms with E-state index in [1.165, 1.54) is 12.0 Å². The van der Waals surface area contributed by atoms with E-state index in [-0.39, 0.29) is 28.1 Å². The van der Waals surface area contributed by atoms with Crippen molar-refractivity contribution in [3.8, 4) is 5.75 Å². The summed E-state index contributed by atoms with van der Waals surface area (Å²) in [5, 5.41) is 3.08. The van der Waals surface area contributed by atoms with Crippen molar-refractivity contribution >= 4 is 40.6 Å². The molecule has 3 aromatic rings. The number of benzene rings is 1. The zero-order valence-corrected chi connectivity index (χ0v) is 21.2. The first-order chi connectivity index (χ1) is 17.2. The molecule has 2 aromatic heterocycles. The number of primary amides is 1. The number of nitrogens with zero attached hydrogens (tertiary/aromatic N) is 2. The van der Waals surface area contributed by atoms with E-state index in [9.17, 15) is 14.4 Å². The lowest BCUT2D eigenvalue weighted by molar-refractivity contribution is -0.123. The highest BCUT2D eigenvalue weighted by atomic mass is 32.1. The molecular weight excluding hydrogens is 482 g/mol. The van der Waals surface area contributed by atoms with Gasteiger partial charge in [0.15, 0.2) is 11.7 Å². The fourth-order valence-electron chi connectivity index (χ4n) is 4.42. The molecule has 5 N–H and O–H groups in total. The van der Waals surface area contributed by atoms with Gasteiger partial charge in [0.1, 0.15) is 22.1 Å². The first-order valence-corrected chi connectivity index (χ1v) is 12.4. The number of methoxy groups -OCH3 is 1. The summed E-state index contributed by atoms with van der Waals surface area (Å²) in [6, 6.07) is 7.52. The van der Waals surface area contributed by atoms with Gasteiger partial charge < -0.3 is 25.9 Å². The zero-order chi connectivity index (χ0) is 26.0. The molecule has 1 aliphatic rings. The third kappa shape index (κ3) is 4.92. The third-order valence-electron chi connectivity index (χ3n) is 6.21. The minimum absolute atomic E-state index is 0.00218. The van der Waals surface area contributed by atoms with Crippen molar-refractivity contribution in [2.24, 2.45) is 5.73 Å². The predicted octanol–water partition coefficient (Wildman–Crippen LogP) is 3.49. The van der Waals surface area contributed by atoms with Gasteiger partial charge >= 0.3 is 0 Å². The summed E-state index contributed by atoms with van der Waals surface area (Å²) < 4.78 is 15.4. The van der Waals surface area contributed by atoms with Crippen molar-refractivity contribution in [1.29, 1.82) is 0 Å². The number of aryl methyl sites for hydroxylation is 2. The Kier molecular flexibility index (Phi) is 7.30. The van der Waals surface area contributed by atoms with Crippen molar-refractivity contribution in [2.75, 3.05) is 17.7 Å². The largest absolute Gasteiger partial charge is 0.495 e. The van der Waals surface area contributed by atoms with E-state index < -0.39 is 23.8 Å². The lowest BCUT2D eigenvalue weighted by Gasteiger charge is -2.31. The number of carbonyl (C=O) groups is 3. The van der Waals surface area contributed by atoms with E-state index in [0.717, 1.165) is 42.8 Å². The molecule has 0 saturated heterocycles. The fraction of sp³-hybridized carbons (Fsp3) is 0.360. The SMILES string of the molecule is COc1ccc(C)cc1N(C(=O)c1snc(C(N)=O)c1N)C(C(=O)NC1CCCC1)c1ccc(C)o1. The fourth-order valence-corrected chi connectivity index (χ4v) is 5.16. The first kappa shape index (κ1) is 25.2. The summed E-state index contributed by atoms with van der Waals surface area (Å²) in [5.41, 5.74) is 12.3. The molecule has 36 heavy (non-hydrogen) atoms. The highest BCUT2D eigenvalue weighted by molar-refractivity contribution is 7.09. The smallest absolute Gasteiger partial charge is 0.273 e. The van der Waals surface area contributed by atoms with Crippen LogP contribution in [0.25, 0.3) is 0 Å². The van der Waals surface area contributed by atoms with E-state index in [4.69, 9.17) is 20.6 Å². The highest BCUT2D eigenvalue weighted by Gasteiger charge is 2.40. The highest BCUT2D eigenvalue weighted by Crippen LogP contribution is 2.39. The van der Waals surface area contributed by atoms with Gasteiger partial charge in [-0.2, -0.15) is 4.37 Å². The van der Waals surface area contributed by atoms with Crippen molar-refractivity contribution < 1.29 is 23.5 Å². The molecule has 1 fully saturated rings. The summed E-state index contributed by atoms with van der Waals surface area (Å²) in [7, 11) is 1.48. The van der Waals surface area contributed by atoms with Crippen LogP contribution < -0.4 is 26.4 Å². The molecule has 1 unspecified atom stereocenters. The Hall–Kier alpha value is -3.86. The van der Waals surface area contributed by atoms with Gasteiger partial charge in [0.05, 0.1) is 18.5 Å². The molecule has 1 atom stereocenters. The molecule has 1 aliphatic carbocycles. The minimum Gasteiger partial charge on any atom is -0.495 e. The third-order valence-corrected chi connectivity index (χ3v) is 7.06. The number of hydrogen-bond donors (Lipinski definition) is 3. The molecule has 0 radical (unpaired) electrons. The van der Waals surface area contributed by atoms with Crippen LogP contribution in [0.5, 0.6) is 5.75 Å². The summed E-state index contributed by atoms with van der Waals surface area (Å²) in [4.78, 5) is 41.0. The topological polar surface area (TPSA) is 154 Å². The van der Waals surface area contributed by atoms with Crippen LogP contribution in [-0.4, -0.2) is 35.2 Å². The second-order valence-electron chi connectivity index (χ2n) is 8.83. The summed E-state index contributed by atoms with van der Waals surface area (Å²) in [6.07, 6.45) is 3.77. The lowest BCUT2D eigenvalue weighted by atomic mass is 10.1. The van der Waals surface area contributed by atoms with Gasteiger partial charge in [-0.25, -0.2) is 0 Å². The summed E-state index contributed by atoms with van der Waals surface area (Å²) in [6.45, 7) is 3.62. The Bertz CT molecular complexity index is 1290. The van der Waals surface area contributed by atoms with Crippen LogP contribution in [-0.2, 0) is 4.79 Å². The maximum absolute atomic E-state index is 14.1. The van der Waals surface area contributed by atoms with Crippen molar-refractivity contribution in [2.45, 2.75) is 51.6 Å². The molecule has 4 rings (SSSR count). The Labute approximate surface area is 212 Å². The van der Waals surface area contributed by atoms with Gasteiger partial charge in [-0.15, -0.1) is 0 Å². The number of amides is 3. The quantitative estimate of drug-likeness (QED) is 0.418. The lowest BCUT2D eigenvalue weighted by Crippen LogP contribution is -2.46. The van der Waals surface area contributed by atoms with Gasteiger partial charge in [0.25, 0.3) is 17.7 Å². The Morgan fingerprint density at radius 1 is 1.19 bits per heavy atom. The van der Waals surface area contributed by atoms with E-state index in [1.807, 2.05) is 13.0 Å². The van der Waals surface area contributed by atoms with Gasteiger partial charge in [-0.1, -0.05) is 18.9 Å². The Balaban J connectivity index is 1.90. The second-order valence-corrected chi connectivity index (χ2v) is 9.60. The molecule has 1 aromatic carbocycles. The van der Waals surface area contributed by atoms with Crippen molar-refractivity contribution in [1.82, 2.24) is 9.69 Å². The van der Waals surface area contributed by atoms with E-state index in [1.54, 1.807) is 31.2 Å². The monoisotopic (exact) mass is 511 g/mol.